The van der Waals surface area contributed by atoms with Gasteiger partial charge in [-0.25, -0.2) is 8.42 Å². The van der Waals surface area contributed by atoms with Crippen molar-refractivity contribution in [3.05, 3.63) is 102 Å². The van der Waals surface area contributed by atoms with Crippen molar-refractivity contribution >= 4 is 21.9 Å². The topological polar surface area (TPSA) is 93.6 Å². The lowest BCUT2D eigenvalue weighted by Crippen LogP contribution is -2.47. The van der Waals surface area contributed by atoms with E-state index >= 15 is 0 Å². The van der Waals surface area contributed by atoms with Crippen LogP contribution in [0.15, 0.2) is 95.9 Å². The van der Waals surface area contributed by atoms with Crippen molar-refractivity contribution in [2.45, 2.75) is 23.3 Å². The van der Waals surface area contributed by atoms with Crippen molar-refractivity contribution in [3.8, 4) is 0 Å². The molecule has 0 bridgehead atoms. The van der Waals surface area contributed by atoms with Gasteiger partial charge < -0.3 is 5.32 Å². The Morgan fingerprint density at radius 1 is 0.886 bits per heavy atom. The zero-order chi connectivity index (χ0) is 24.5. The third-order valence-electron chi connectivity index (χ3n) is 6.86. The molecule has 0 unspecified atom stereocenters. The predicted molar refractivity (Wildman–Crippen MR) is 134 cm³/mol. The summed E-state index contributed by atoms with van der Waals surface area (Å²) >= 11 is 0. The molecule has 0 spiro atoms. The number of hydrogen-bond donors (Lipinski definition) is 2. The maximum absolute atomic E-state index is 14.0. The lowest BCUT2D eigenvalue weighted by molar-refractivity contribution is -0.130. The van der Waals surface area contributed by atoms with Crippen molar-refractivity contribution < 1.29 is 13.2 Å². The monoisotopic (exact) mass is 488 g/mol. The van der Waals surface area contributed by atoms with Gasteiger partial charge in [0, 0.05) is 19.6 Å². The molecule has 0 radical (unpaired) electrons. The number of nitrogens with one attached hydrogen (secondary N) is 2. The quantitative estimate of drug-likeness (QED) is 0.556. The average Bonchev–Trinajstić information content (AvgIpc) is 3.16. The Kier molecular flexibility index (Phi) is 6.17. The van der Waals surface area contributed by atoms with Gasteiger partial charge in [0.2, 0.25) is 10.0 Å². The smallest absolute Gasteiger partial charge is 0.264 e. The van der Waals surface area contributed by atoms with Crippen LogP contribution in [0.1, 0.15) is 24.0 Å². The van der Waals surface area contributed by atoms with E-state index in [1.807, 2.05) is 60.7 Å². The van der Waals surface area contributed by atoms with E-state index in [2.05, 4.69) is 5.32 Å². The van der Waals surface area contributed by atoms with Crippen LogP contribution in [0.2, 0.25) is 0 Å². The van der Waals surface area contributed by atoms with Crippen molar-refractivity contribution in [2.24, 2.45) is 5.92 Å². The van der Waals surface area contributed by atoms with Crippen molar-refractivity contribution in [2.75, 3.05) is 19.6 Å². The van der Waals surface area contributed by atoms with Crippen LogP contribution >= 0.6 is 0 Å². The standard InChI is InChI=1S/C27H28N4O3S/c28-26-29-27(22-12-4-1-5-13-22,23-14-6-2-7-15-23)25(32)31(26)20-21-11-10-18-30(19-21)35(33,34)24-16-8-3-9-17-24/h1-9,12-17,21H,10-11,18-20H2,(H2,28,29)/t21-/m0/s1. The molecule has 2 fully saturated rings. The number of carbonyl (C=O) groups is 1. The number of carbonyl (C=O) groups excluding carboxylic acids is 1. The molecule has 0 aliphatic carbocycles. The maximum Gasteiger partial charge on any atom is 0.264 e. The van der Waals surface area contributed by atoms with Crippen molar-refractivity contribution in [1.29, 1.82) is 5.41 Å². The summed E-state index contributed by atoms with van der Waals surface area (Å²) in [6.07, 6.45) is 1.50. The van der Waals surface area contributed by atoms with Gasteiger partial charge in [0.1, 0.15) is 0 Å². The van der Waals surface area contributed by atoms with Gasteiger partial charge in [0.15, 0.2) is 11.5 Å². The van der Waals surface area contributed by atoms with E-state index in [-0.39, 0.29) is 29.2 Å². The molecule has 0 aromatic heterocycles. The average molecular weight is 489 g/mol. The summed E-state index contributed by atoms with van der Waals surface area (Å²) < 4.78 is 27.8. The van der Waals surface area contributed by atoms with E-state index in [9.17, 15) is 13.2 Å². The first-order valence-corrected chi connectivity index (χ1v) is 13.2. The molecule has 2 heterocycles. The van der Waals surface area contributed by atoms with Gasteiger partial charge in [-0.05, 0) is 42.0 Å². The minimum Gasteiger partial charge on any atom is -0.334 e. The number of piperidine rings is 1. The summed E-state index contributed by atoms with van der Waals surface area (Å²) in [7, 11) is -3.60. The minimum atomic E-state index is -3.60. The zero-order valence-electron chi connectivity index (χ0n) is 19.3. The van der Waals surface area contributed by atoms with E-state index in [4.69, 9.17) is 5.41 Å². The summed E-state index contributed by atoms with van der Waals surface area (Å²) in [5.41, 5.74) is 0.338. The van der Waals surface area contributed by atoms with Crippen LogP contribution < -0.4 is 5.32 Å². The molecule has 2 aliphatic heterocycles. The molecule has 180 valence electrons. The third kappa shape index (κ3) is 4.13. The van der Waals surface area contributed by atoms with Crippen LogP contribution in [0.4, 0.5) is 0 Å². The van der Waals surface area contributed by atoms with Crippen LogP contribution in [0.3, 0.4) is 0 Å². The molecular weight excluding hydrogens is 460 g/mol. The Morgan fingerprint density at radius 2 is 1.43 bits per heavy atom. The van der Waals surface area contributed by atoms with Crippen LogP contribution in [0.5, 0.6) is 0 Å². The van der Waals surface area contributed by atoms with Gasteiger partial charge in [-0.1, -0.05) is 78.9 Å². The summed E-state index contributed by atoms with van der Waals surface area (Å²) in [6, 6.07) is 27.3. The first-order valence-electron chi connectivity index (χ1n) is 11.8. The number of nitrogens with zero attached hydrogens (tertiary/aromatic N) is 2. The Hall–Kier alpha value is -3.49. The summed E-state index contributed by atoms with van der Waals surface area (Å²) in [4.78, 5) is 15.8. The largest absolute Gasteiger partial charge is 0.334 e. The number of hydrogen-bond acceptors (Lipinski definition) is 4. The highest BCUT2D eigenvalue weighted by atomic mass is 32.2. The molecule has 1 atom stereocenters. The van der Waals surface area contributed by atoms with E-state index < -0.39 is 15.6 Å². The normalized spacial score (nSPS) is 20.6. The number of guanidine groups is 1. The molecular formula is C27H28N4O3S. The molecule has 2 aliphatic rings. The molecule has 35 heavy (non-hydrogen) atoms. The van der Waals surface area contributed by atoms with Gasteiger partial charge in [-0.3, -0.25) is 15.1 Å². The van der Waals surface area contributed by atoms with E-state index in [0.717, 1.165) is 17.5 Å². The summed E-state index contributed by atoms with van der Waals surface area (Å²) in [5.74, 6) is -0.260. The van der Waals surface area contributed by atoms with Gasteiger partial charge >= 0.3 is 0 Å². The molecule has 3 aromatic rings. The first kappa shape index (κ1) is 23.3. The molecule has 2 N–H and O–H groups in total. The summed E-state index contributed by atoms with van der Waals surface area (Å²) in [6.45, 7) is 1.06. The number of amides is 1. The fourth-order valence-electron chi connectivity index (χ4n) is 5.10. The number of benzene rings is 3. The summed E-state index contributed by atoms with van der Waals surface area (Å²) in [5, 5.41) is 11.9. The molecule has 2 saturated heterocycles. The highest BCUT2D eigenvalue weighted by Gasteiger charge is 2.52. The Bertz CT molecular complexity index is 1270. The van der Waals surface area contributed by atoms with Crippen LogP contribution in [0, 0.1) is 11.3 Å². The number of rotatable bonds is 6. The fraction of sp³-hybridized carbons (Fsp3) is 0.259. The second-order valence-corrected chi connectivity index (χ2v) is 11.0. The van der Waals surface area contributed by atoms with Crippen LogP contribution in [-0.2, 0) is 20.4 Å². The van der Waals surface area contributed by atoms with Gasteiger partial charge in [0.05, 0.1) is 4.90 Å². The highest BCUT2D eigenvalue weighted by Crippen LogP contribution is 2.36. The SMILES string of the molecule is N=C1NC(c2ccccc2)(c2ccccc2)C(=O)N1C[C@H]1CCCN(S(=O)(=O)c2ccccc2)C1. The molecule has 8 heteroatoms. The van der Waals surface area contributed by atoms with Gasteiger partial charge in [0.25, 0.3) is 5.91 Å². The lowest BCUT2D eigenvalue weighted by atomic mass is 9.82. The molecule has 0 saturated carbocycles. The minimum absolute atomic E-state index is 0.0331. The van der Waals surface area contributed by atoms with Crippen molar-refractivity contribution in [1.82, 2.24) is 14.5 Å². The van der Waals surface area contributed by atoms with E-state index in [0.29, 0.717) is 19.5 Å². The Morgan fingerprint density at radius 3 is 2.00 bits per heavy atom. The molecule has 1 amide bonds. The lowest BCUT2D eigenvalue weighted by Gasteiger charge is -2.34. The van der Waals surface area contributed by atoms with Gasteiger partial charge in [-0.2, -0.15) is 4.31 Å². The Labute approximate surface area is 205 Å². The third-order valence-corrected chi connectivity index (χ3v) is 8.74. The molecule has 3 aromatic carbocycles. The molecule has 7 nitrogen and oxygen atoms in total. The van der Waals surface area contributed by atoms with E-state index in [1.54, 1.807) is 30.3 Å². The predicted octanol–water partition coefficient (Wildman–Crippen LogP) is 3.40. The van der Waals surface area contributed by atoms with Crippen LogP contribution in [-0.4, -0.2) is 49.1 Å². The highest BCUT2D eigenvalue weighted by molar-refractivity contribution is 7.89. The second-order valence-electron chi connectivity index (χ2n) is 9.06. The zero-order valence-corrected chi connectivity index (χ0v) is 20.1. The van der Waals surface area contributed by atoms with E-state index in [1.165, 1.54) is 9.21 Å². The maximum atomic E-state index is 14.0. The van der Waals surface area contributed by atoms with Gasteiger partial charge in [-0.15, -0.1) is 0 Å². The first-order chi connectivity index (χ1) is 16.9. The fourth-order valence-corrected chi connectivity index (χ4v) is 6.68. The second kappa shape index (κ2) is 9.28. The Balaban J connectivity index is 1.41. The van der Waals surface area contributed by atoms with Crippen LogP contribution in [0.25, 0.3) is 0 Å². The molecule has 5 rings (SSSR count). The number of sulfonamides is 1. The van der Waals surface area contributed by atoms with Crippen molar-refractivity contribution in [3.63, 3.8) is 0 Å².